The smallest absolute Gasteiger partial charge is 0.173 e. The maximum Gasteiger partial charge on any atom is 0.173 e. The molecule has 0 spiro atoms. The first-order valence-corrected chi connectivity index (χ1v) is 11.3. The topological polar surface area (TPSA) is 59.7 Å². The van der Waals surface area contributed by atoms with Crippen molar-refractivity contribution in [2.24, 2.45) is 0 Å². The molecule has 0 N–H and O–H groups in total. The summed E-state index contributed by atoms with van der Waals surface area (Å²) in [5.41, 5.74) is 3.55. The number of nitrogens with zero attached hydrogens (tertiary/aromatic N) is 6. The van der Waals surface area contributed by atoms with Crippen LogP contribution in [0.25, 0.3) is 10.9 Å². The third-order valence-corrected chi connectivity index (χ3v) is 6.21. The van der Waals surface area contributed by atoms with E-state index in [0.717, 1.165) is 42.8 Å². The summed E-state index contributed by atoms with van der Waals surface area (Å²) in [5.74, 6) is 0.932. The lowest BCUT2D eigenvalue weighted by Gasteiger charge is -2.30. The van der Waals surface area contributed by atoms with Crippen molar-refractivity contribution in [1.29, 1.82) is 0 Å². The van der Waals surface area contributed by atoms with Gasteiger partial charge in [-0.1, -0.05) is 55.3 Å². The predicted molar refractivity (Wildman–Crippen MR) is 122 cm³/mol. The molecule has 0 radical (unpaired) electrons. The second-order valence-corrected chi connectivity index (χ2v) is 8.30. The molecule has 1 atom stereocenters. The molecular weight excluding hydrogens is 384 g/mol. The zero-order chi connectivity index (χ0) is 20.9. The van der Waals surface area contributed by atoms with Gasteiger partial charge in [0.15, 0.2) is 5.82 Å². The van der Waals surface area contributed by atoms with E-state index in [1.54, 1.807) is 0 Å². The van der Waals surface area contributed by atoms with Crippen LogP contribution in [0.15, 0.2) is 66.9 Å². The van der Waals surface area contributed by atoms with E-state index in [1.165, 1.54) is 36.8 Å². The molecule has 1 aliphatic rings. The van der Waals surface area contributed by atoms with Crippen molar-refractivity contribution in [3.8, 4) is 0 Å². The van der Waals surface area contributed by atoms with Crippen LogP contribution in [0, 0.1) is 0 Å². The van der Waals surface area contributed by atoms with Crippen LogP contribution in [0.1, 0.15) is 48.7 Å². The van der Waals surface area contributed by atoms with E-state index in [9.17, 15) is 0 Å². The molecule has 4 aromatic rings. The molecule has 158 valence electrons. The summed E-state index contributed by atoms with van der Waals surface area (Å²) in [6, 6.07) is 21.3. The molecule has 31 heavy (non-hydrogen) atoms. The van der Waals surface area contributed by atoms with Gasteiger partial charge in [-0.05, 0) is 72.1 Å². The number of aromatic nitrogens is 5. The average molecular weight is 413 g/mol. The van der Waals surface area contributed by atoms with E-state index < -0.39 is 0 Å². The lowest BCUT2D eigenvalue weighted by molar-refractivity contribution is 0.221. The largest absolute Gasteiger partial charge is 0.290 e. The number of tetrazole rings is 1. The molecule has 0 amide bonds. The zero-order valence-electron chi connectivity index (χ0n) is 17.8. The summed E-state index contributed by atoms with van der Waals surface area (Å²) >= 11 is 0. The number of rotatable bonds is 6. The van der Waals surface area contributed by atoms with Crippen molar-refractivity contribution in [2.75, 3.05) is 13.1 Å². The van der Waals surface area contributed by atoms with Crippen LogP contribution in [-0.4, -0.2) is 43.2 Å². The summed E-state index contributed by atoms with van der Waals surface area (Å²) in [6.45, 7) is 2.91. The van der Waals surface area contributed by atoms with Gasteiger partial charge in [-0.3, -0.25) is 9.88 Å². The Morgan fingerprint density at radius 2 is 1.71 bits per heavy atom. The molecule has 2 aromatic heterocycles. The van der Waals surface area contributed by atoms with Crippen LogP contribution in [0.4, 0.5) is 0 Å². The van der Waals surface area contributed by atoms with E-state index >= 15 is 0 Å². The van der Waals surface area contributed by atoms with Crippen LogP contribution in [0.2, 0.25) is 0 Å². The minimum Gasteiger partial charge on any atom is -0.290 e. The summed E-state index contributed by atoms with van der Waals surface area (Å²) in [6.07, 6.45) is 7.79. The van der Waals surface area contributed by atoms with E-state index in [-0.39, 0.29) is 6.04 Å². The number of hydrogen-bond donors (Lipinski definition) is 0. The standard InChI is InChI=1S/C25H28N6/c1-2-7-17-30(16-6-1)24(22-12-13-23-21(19-22)11-8-15-26-23)25-27-28-29-31(25)18-14-20-9-4-3-5-10-20/h3-5,8-13,15,19,24H,1-2,6-7,14,16-18H2/t24-/m0/s1. The highest BCUT2D eigenvalue weighted by atomic mass is 15.5. The highest BCUT2D eigenvalue weighted by Crippen LogP contribution is 2.31. The van der Waals surface area contributed by atoms with Gasteiger partial charge in [0.2, 0.25) is 0 Å². The Hall–Kier alpha value is -3.12. The highest BCUT2D eigenvalue weighted by molar-refractivity contribution is 5.79. The summed E-state index contributed by atoms with van der Waals surface area (Å²) < 4.78 is 2.00. The minimum atomic E-state index is 0.0495. The molecule has 0 bridgehead atoms. The van der Waals surface area contributed by atoms with Gasteiger partial charge in [-0.2, -0.15) is 0 Å². The van der Waals surface area contributed by atoms with Gasteiger partial charge >= 0.3 is 0 Å². The Bertz CT molecular complexity index is 1120. The maximum atomic E-state index is 4.54. The SMILES string of the molecule is c1ccc(CCn2nnnc2[C@H](c2ccc3ncccc3c2)N2CCCCCC2)cc1. The van der Waals surface area contributed by atoms with Crippen molar-refractivity contribution < 1.29 is 0 Å². The molecule has 0 saturated carbocycles. The molecule has 1 saturated heterocycles. The number of fused-ring (bicyclic) bond motifs is 1. The molecule has 2 aromatic carbocycles. The zero-order valence-corrected chi connectivity index (χ0v) is 17.8. The minimum absolute atomic E-state index is 0.0495. The first kappa shape index (κ1) is 19.8. The van der Waals surface area contributed by atoms with Crippen LogP contribution in [0.5, 0.6) is 0 Å². The van der Waals surface area contributed by atoms with E-state index in [2.05, 4.69) is 80.0 Å². The van der Waals surface area contributed by atoms with Gasteiger partial charge in [-0.25, -0.2) is 4.68 Å². The monoisotopic (exact) mass is 412 g/mol. The first-order chi connectivity index (χ1) is 15.4. The molecule has 6 nitrogen and oxygen atoms in total. The number of aryl methyl sites for hydroxylation is 2. The summed E-state index contributed by atoms with van der Waals surface area (Å²) in [5, 5.41) is 14.2. The fourth-order valence-electron chi connectivity index (χ4n) is 4.59. The van der Waals surface area contributed by atoms with Crippen LogP contribution < -0.4 is 0 Å². The van der Waals surface area contributed by atoms with Gasteiger partial charge in [0, 0.05) is 18.1 Å². The van der Waals surface area contributed by atoms with Crippen molar-refractivity contribution in [1.82, 2.24) is 30.1 Å². The van der Waals surface area contributed by atoms with Crippen LogP contribution in [0.3, 0.4) is 0 Å². The van der Waals surface area contributed by atoms with Crippen molar-refractivity contribution in [2.45, 2.75) is 44.7 Å². The van der Waals surface area contributed by atoms with Crippen LogP contribution >= 0.6 is 0 Å². The first-order valence-electron chi connectivity index (χ1n) is 11.3. The van der Waals surface area contributed by atoms with Gasteiger partial charge in [-0.15, -0.1) is 5.10 Å². The van der Waals surface area contributed by atoms with Crippen molar-refractivity contribution in [3.05, 3.63) is 83.8 Å². The number of likely N-dealkylation sites (tertiary alicyclic amines) is 1. The lowest BCUT2D eigenvalue weighted by atomic mass is 10.0. The molecule has 1 fully saturated rings. The molecule has 0 aliphatic carbocycles. The molecular formula is C25H28N6. The second-order valence-electron chi connectivity index (χ2n) is 8.30. The van der Waals surface area contributed by atoms with Gasteiger partial charge < -0.3 is 0 Å². The number of hydrogen-bond acceptors (Lipinski definition) is 5. The van der Waals surface area contributed by atoms with Gasteiger partial charge in [0.05, 0.1) is 11.6 Å². The summed E-state index contributed by atoms with van der Waals surface area (Å²) in [4.78, 5) is 7.06. The van der Waals surface area contributed by atoms with E-state index in [1.807, 2.05) is 16.9 Å². The van der Waals surface area contributed by atoms with E-state index in [4.69, 9.17) is 0 Å². The van der Waals surface area contributed by atoms with Crippen molar-refractivity contribution >= 4 is 10.9 Å². The predicted octanol–water partition coefficient (Wildman–Crippen LogP) is 4.43. The average Bonchev–Trinajstić information content (AvgIpc) is 3.11. The molecule has 1 aliphatic heterocycles. The normalized spacial score (nSPS) is 16.3. The Morgan fingerprint density at radius 3 is 2.55 bits per heavy atom. The van der Waals surface area contributed by atoms with Crippen LogP contribution in [-0.2, 0) is 13.0 Å². The Morgan fingerprint density at radius 1 is 0.871 bits per heavy atom. The van der Waals surface area contributed by atoms with Crippen molar-refractivity contribution in [3.63, 3.8) is 0 Å². The van der Waals surface area contributed by atoms with E-state index in [0.29, 0.717) is 0 Å². The fourth-order valence-corrected chi connectivity index (χ4v) is 4.59. The molecule has 3 heterocycles. The molecule has 6 heteroatoms. The van der Waals surface area contributed by atoms with Gasteiger partial charge in [0.1, 0.15) is 0 Å². The van der Waals surface area contributed by atoms with Gasteiger partial charge in [0.25, 0.3) is 0 Å². The lowest BCUT2D eigenvalue weighted by Crippen LogP contribution is -2.33. The fraction of sp³-hybridized carbons (Fsp3) is 0.360. The highest BCUT2D eigenvalue weighted by Gasteiger charge is 2.28. The Balaban J connectivity index is 1.50. The maximum absolute atomic E-state index is 4.54. The Labute approximate surface area is 182 Å². The Kier molecular flexibility index (Phi) is 5.98. The summed E-state index contributed by atoms with van der Waals surface area (Å²) in [7, 11) is 0. The molecule has 5 rings (SSSR count). The number of pyridine rings is 1. The second kappa shape index (κ2) is 9.35. The quantitative estimate of drug-likeness (QED) is 0.469. The number of benzene rings is 2. The third-order valence-electron chi connectivity index (χ3n) is 6.21. The molecule has 0 unspecified atom stereocenters. The third kappa shape index (κ3) is 4.49.